The van der Waals surface area contributed by atoms with Crippen LogP contribution in [0, 0.1) is 0 Å². The van der Waals surface area contributed by atoms with Gasteiger partial charge in [0.1, 0.15) is 5.82 Å². The summed E-state index contributed by atoms with van der Waals surface area (Å²) in [5.74, 6) is 0.482. The maximum absolute atomic E-state index is 11.9. The van der Waals surface area contributed by atoms with Crippen molar-refractivity contribution in [3.05, 3.63) is 71.6 Å². The molecule has 2 N–H and O–H groups in total. The molecule has 5 nitrogen and oxygen atoms in total. The number of nitrogens with zero attached hydrogens (tertiary/aromatic N) is 2. The van der Waals surface area contributed by atoms with Crippen LogP contribution in [0.4, 0.5) is 16.3 Å². The molecule has 110 valence electrons. The minimum atomic E-state index is -0.334. The van der Waals surface area contributed by atoms with Gasteiger partial charge in [0, 0.05) is 34.4 Å². The molecule has 0 saturated carbocycles. The first-order valence-electron chi connectivity index (χ1n) is 6.64. The van der Waals surface area contributed by atoms with Crippen LogP contribution in [-0.2, 0) is 0 Å². The third-order valence-corrected chi connectivity index (χ3v) is 3.48. The lowest BCUT2D eigenvalue weighted by Gasteiger charge is -2.08. The van der Waals surface area contributed by atoms with Gasteiger partial charge in [-0.15, -0.1) is 0 Å². The SMILES string of the molecule is O=C(Nc1ccc(-n2cccc2)cc1)Nc1cc(Br)ccn1. The highest BCUT2D eigenvalue weighted by atomic mass is 79.9. The summed E-state index contributed by atoms with van der Waals surface area (Å²) >= 11 is 3.33. The second-order valence-corrected chi connectivity index (χ2v) is 5.49. The zero-order valence-corrected chi connectivity index (χ0v) is 13.1. The molecule has 3 rings (SSSR count). The Kier molecular flexibility index (Phi) is 4.20. The standard InChI is InChI=1S/C16H13BrN4O/c17-12-7-8-18-15(11-12)20-16(22)19-13-3-5-14(6-4-13)21-9-1-2-10-21/h1-11H,(H2,18,19,20,22). The number of pyridine rings is 1. The molecule has 0 atom stereocenters. The molecule has 0 aliphatic heterocycles. The van der Waals surface area contributed by atoms with Gasteiger partial charge in [-0.1, -0.05) is 15.9 Å². The molecule has 2 aromatic heterocycles. The Morgan fingerprint density at radius 2 is 1.77 bits per heavy atom. The predicted molar refractivity (Wildman–Crippen MR) is 90.3 cm³/mol. The fraction of sp³-hybridized carbons (Fsp3) is 0. The van der Waals surface area contributed by atoms with Crippen LogP contribution >= 0.6 is 15.9 Å². The number of amides is 2. The Bertz CT molecular complexity index is 769. The average Bonchev–Trinajstić information content (AvgIpc) is 3.02. The predicted octanol–water partition coefficient (Wildman–Crippen LogP) is 4.28. The number of anilines is 2. The minimum absolute atomic E-state index is 0.334. The number of carbonyl (C=O) groups excluding carboxylic acids is 1. The molecule has 0 radical (unpaired) electrons. The van der Waals surface area contributed by atoms with Crippen LogP contribution in [0.5, 0.6) is 0 Å². The first kappa shape index (κ1) is 14.3. The van der Waals surface area contributed by atoms with Gasteiger partial charge in [0.15, 0.2) is 0 Å². The second kappa shape index (κ2) is 6.44. The van der Waals surface area contributed by atoms with E-state index < -0.39 is 0 Å². The van der Waals surface area contributed by atoms with Crippen LogP contribution in [0.25, 0.3) is 5.69 Å². The van der Waals surface area contributed by atoms with Gasteiger partial charge in [-0.3, -0.25) is 5.32 Å². The largest absolute Gasteiger partial charge is 0.324 e. The third-order valence-electron chi connectivity index (χ3n) is 2.99. The molecule has 0 saturated heterocycles. The van der Waals surface area contributed by atoms with E-state index in [1.807, 2.05) is 53.4 Å². The molecule has 6 heteroatoms. The summed E-state index contributed by atoms with van der Waals surface area (Å²) in [6.45, 7) is 0. The van der Waals surface area contributed by atoms with Gasteiger partial charge in [0.25, 0.3) is 0 Å². The molecule has 0 aliphatic carbocycles. The van der Waals surface area contributed by atoms with Crippen molar-refractivity contribution in [1.29, 1.82) is 0 Å². The van der Waals surface area contributed by atoms with E-state index >= 15 is 0 Å². The van der Waals surface area contributed by atoms with Gasteiger partial charge in [-0.05, 0) is 48.5 Å². The number of aromatic nitrogens is 2. The number of rotatable bonds is 3. The Hall–Kier alpha value is -2.60. The molecule has 0 aliphatic rings. The lowest BCUT2D eigenvalue weighted by Crippen LogP contribution is -2.20. The molecule has 0 fully saturated rings. The lowest BCUT2D eigenvalue weighted by atomic mass is 10.3. The Balaban J connectivity index is 1.64. The Labute approximate surface area is 136 Å². The van der Waals surface area contributed by atoms with E-state index in [0.29, 0.717) is 11.5 Å². The number of carbonyl (C=O) groups is 1. The number of hydrogen-bond donors (Lipinski definition) is 2. The molecular formula is C16H13BrN4O. The molecule has 22 heavy (non-hydrogen) atoms. The topological polar surface area (TPSA) is 59.0 Å². The minimum Gasteiger partial charge on any atom is -0.324 e. The van der Waals surface area contributed by atoms with Crippen molar-refractivity contribution in [2.45, 2.75) is 0 Å². The monoisotopic (exact) mass is 356 g/mol. The Morgan fingerprint density at radius 1 is 1.05 bits per heavy atom. The van der Waals surface area contributed by atoms with Crippen LogP contribution in [0.15, 0.2) is 71.6 Å². The van der Waals surface area contributed by atoms with Gasteiger partial charge < -0.3 is 9.88 Å². The zero-order chi connectivity index (χ0) is 15.4. The van der Waals surface area contributed by atoms with Crippen molar-refractivity contribution in [1.82, 2.24) is 9.55 Å². The van der Waals surface area contributed by atoms with Crippen LogP contribution < -0.4 is 10.6 Å². The summed E-state index contributed by atoms with van der Waals surface area (Å²) in [4.78, 5) is 16.0. The van der Waals surface area contributed by atoms with E-state index in [0.717, 1.165) is 10.2 Å². The molecular weight excluding hydrogens is 344 g/mol. The van der Waals surface area contributed by atoms with Crippen LogP contribution in [0.2, 0.25) is 0 Å². The van der Waals surface area contributed by atoms with Gasteiger partial charge in [0.2, 0.25) is 0 Å². The van der Waals surface area contributed by atoms with E-state index in [9.17, 15) is 4.79 Å². The fourth-order valence-electron chi connectivity index (χ4n) is 1.98. The number of urea groups is 1. The van der Waals surface area contributed by atoms with Gasteiger partial charge in [-0.25, -0.2) is 9.78 Å². The van der Waals surface area contributed by atoms with E-state index in [1.54, 1.807) is 18.3 Å². The normalized spacial score (nSPS) is 10.2. The molecule has 3 aromatic rings. The Morgan fingerprint density at radius 3 is 2.45 bits per heavy atom. The van der Waals surface area contributed by atoms with E-state index in [-0.39, 0.29) is 6.03 Å². The molecule has 0 spiro atoms. The van der Waals surface area contributed by atoms with Crippen molar-refractivity contribution in [2.24, 2.45) is 0 Å². The number of halogens is 1. The summed E-state index contributed by atoms with van der Waals surface area (Å²) < 4.78 is 2.85. The van der Waals surface area contributed by atoms with Crippen LogP contribution in [0.3, 0.4) is 0 Å². The maximum Gasteiger partial charge on any atom is 0.324 e. The van der Waals surface area contributed by atoms with Crippen LogP contribution in [-0.4, -0.2) is 15.6 Å². The highest BCUT2D eigenvalue weighted by molar-refractivity contribution is 9.10. The van der Waals surface area contributed by atoms with Gasteiger partial charge in [-0.2, -0.15) is 0 Å². The van der Waals surface area contributed by atoms with Gasteiger partial charge >= 0.3 is 6.03 Å². The van der Waals surface area contributed by atoms with Crippen molar-refractivity contribution >= 4 is 33.5 Å². The molecule has 2 heterocycles. The second-order valence-electron chi connectivity index (χ2n) is 4.58. The molecule has 0 unspecified atom stereocenters. The summed E-state index contributed by atoms with van der Waals surface area (Å²) in [5.41, 5.74) is 1.74. The van der Waals surface area contributed by atoms with Crippen LogP contribution in [0.1, 0.15) is 0 Å². The summed E-state index contributed by atoms with van der Waals surface area (Å²) in [7, 11) is 0. The fourth-order valence-corrected chi connectivity index (χ4v) is 2.31. The van der Waals surface area contributed by atoms with Crippen molar-refractivity contribution in [2.75, 3.05) is 10.6 Å². The number of hydrogen-bond acceptors (Lipinski definition) is 2. The average molecular weight is 357 g/mol. The van der Waals surface area contributed by atoms with Gasteiger partial charge in [0.05, 0.1) is 0 Å². The molecule has 0 bridgehead atoms. The van der Waals surface area contributed by atoms with E-state index in [1.165, 1.54) is 0 Å². The third kappa shape index (κ3) is 3.53. The van der Waals surface area contributed by atoms with E-state index in [4.69, 9.17) is 0 Å². The smallest absolute Gasteiger partial charge is 0.324 e. The summed E-state index contributed by atoms with van der Waals surface area (Å²) in [5, 5.41) is 5.44. The first-order chi connectivity index (χ1) is 10.7. The first-order valence-corrected chi connectivity index (χ1v) is 7.43. The molecule has 2 amide bonds. The zero-order valence-electron chi connectivity index (χ0n) is 11.5. The highest BCUT2D eigenvalue weighted by Crippen LogP contribution is 2.15. The quantitative estimate of drug-likeness (QED) is 0.735. The molecule has 1 aromatic carbocycles. The highest BCUT2D eigenvalue weighted by Gasteiger charge is 2.04. The number of nitrogens with one attached hydrogen (secondary N) is 2. The van der Waals surface area contributed by atoms with Crippen molar-refractivity contribution < 1.29 is 4.79 Å². The number of benzene rings is 1. The summed E-state index contributed by atoms with van der Waals surface area (Å²) in [6, 6.07) is 14.7. The maximum atomic E-state index is 11.9. The summed E-state index contributed by atoms with van der Waals surface area (Å²) in [6.07, 6.45) is 5.55. The van der Waals surface area contributed by atoms with E-state index in [2.05, 4.69) is 31.5 Å². The van der Waals surface area contributed by atoms with Crippen molar-refractivity contribution in [3.63, 3.8) is 0 Å². The lowest BCUT2D eigenvalue weighted by molar-refractivity contribution is 0.262. The van der Waals surface area contributed by atoms with Crippen molar-refractivity contribution in [3.8, 4) is 5.69 Å².